The van der Waals surface area contributed by atoms with Crippen LogP contribution in [-0.4, -0.2) is 29.9 Å². The van der Waals surface area contributed by atoms with Crippen molar-refractivity contribution in [2.75, 3.05) is 12.4 Å². The Morgan fingerprint density at radius 1 is 1.43 bits per heavy atom. The summed E-state index contributed by atoms with van der Waals surface area (Å²) in [6.07, 6.45) is -6.02. The molecule has 0 fully saturated rings. The fourth-order valence-corrected chi connectivity index (χ4v) is 1.69. The molecule has 1 amide bonds. The summed E-state index contributed by atoms with van der Waals surface area (Å²) in [7, 11) is 1.34. The largest absolute Gasteiger partial charge is 0.495 e. The van der Waals surface area contributed by atoms with Gasteiger partial charge in [-0.25, -0.2) is 0 Å². The molecule has 21 heavy (non-hydrogen) atoms. The van der Waals surface area contributed by atoms with E-state index in [0.29, 0.717) is 17.5 Å². The van der Waals surface area contributed by atoms with E-state index in [4.69, 9.17) is 16.3 Å². The van der Waals surface area contributed by atoms with Gasteiger partial charge in [0.2, 0.25) is 5.91 Å². The number of hydrogen-bond donors (Lipinski definition) is 2. The number of aryl methyl sites for hydroxylation is 1. The van der Waals surface area contributed by atoms with Gasteiger partial charge in [-0.15, -0.1) is 0 Å². The van der Waals surface area contributed by atoms with E-state index in [2.05, 4.69) is 5.32 Å². The van der Waals surface area contributed by atoms with Crippen LogP contribution >= 0.6 is 11.6 Å². The van der Waals surface area contributed by atoms with Crippen molar-refractivity contribution in [3.8, 4) is 5.75 Å². The fourth-order valence-electron chi connectivity index (χ4n) is 1.54. The molecular weight excluding hydrogens is 311 g/mol. The predicted octanol–water partition coefficient (Wildman–Crippen LogP) is 3.30. The number of nitrogens with one attached hydrogen (secondary N) is 1. The molecule has 0 spiro atoms. The van der Waals surface area contributed by atoms with E-state index in [1.807, 2.05) is 0 Å². The van der Waals surface area contributed by atoms with Gasteiger partial charge in [-0.1, -0.05) is 11.6 Å². The van der Waals surface area contributed by atoms with Crippen molar-refractivity contribution in [3.05, 3.63) is 22.7 Å². The molecule has 0 aliphatic carbocycles. The Balaban J connectivity index is 2.92. The van der Waals surface area contributed by atoms with Gasteiger partial charge in [-0.05, 0) is 25.5 Å². The van der Waals surface area contributed by atoms with E-state index in [1.54, 1.807) is 6.92 Å². The first-order chi connectivity index (χ1) is 9.48. The zero-order valence-corrected chi connectivity index (χ0v) is 12.4. The number of halogens is 4. The first-order valence-corrected chi connectivity index (χ1v) is 6.29. The number of rotatable bonds is 4. The van der Waals surface area contributed by atoms with Crippen LogP contribution in [0, 0.1) is 6.92 Å². The number of anilines is 1. The molecule has 0 saturated carbocycles. The van der Waals surface area contributed by atoms with Crippen LogP contribution in [-0.2, 0) is 4.79 Å². The Hall–Kier alpha value is -1.47. The molecule has 1 rings (SSSR count). The Morgan fingerprint density at radius 2 is 2.00 bits per heavy atom. The molecule has 1 aromatic rings. The van der Waals surface area contributed by atoms with E-state index in [1.165, 1.54) is 19.2 Å². The lowest BCUT2D eigenvalue weighted by Gasteiger charge is -2.25. The summed E-state index contributed by atoms with van der Waals surface area (Å²) in [4.78, 5) is 11.7. The molecule has 1 aromatic carbocycles. The highest BCUT2D eigenvalue weighted by Crippen LogP contribution is 2.34. The number of aliphatic hydroxyl groups is 1. The molecule has 0 aromatic heterocycles. The van der Waals surface area contributed by atoms with Crippen molar-refractivity contribution in [2.24, 2.45) is 0 Å². The molecule has 0 heterocycles. The van der Waals surface area contributed by atoms with Gasteiger partial charge >= 0.3 is 6.18 Å². The van der Waals surface area contributed by atoms with Crippen molar-refractivity contribution in [3.63, 3.8) is 0 Å². The van der Waals surface area contributed by atoms with Gasteiger partial charge < -0.3 is 15.2 Å². The minimum absolute atomic E-state index is 0.183. The second kappa shape index (κ2) is 6.11. The molecule has 0 saturated heterocycles. The number of carbonyl (C=O) groups excluding carboxylic acids is 1. The summed E-state index contributed by atoms with van der Waals surface area (Å²) >= 11 is 5.89. The van der Waals surface area contributed by atoms with Crippen LogP contribution in [0.4, 0.5) is 18.9 Å². The van der Waals surface area contributed by atoms with E-state index in [9.17, 15) is 23.1 Å². The summed E-state index contributed by atoms with van der Waals surface area (Å²) in [6.45, 7) is 2.21. The standard InChI is InChI=1S/C13H15ClF3NO3/c1-7-4-9(10(21-3)5-8(7)14)18-11(19)6-12(2,20)13(15,16)17/h4-5,20H,6H2,1-3H3,(H,18,19)/t12-/m1/s1. The Morgan fingerprint density at radius 3 is 2.48 bits per heavy atom. The van der Waals surface area contributed by atoms with Gasteiger partial charge in [0.05, 0.1) is 19.2 Å². The normalized spacial score (nSPS) is 14.5. The van der Waals surface area contributed by atoms with Gasteiger partial charge in [0.1, 0.15) is 5.75 Å². The lowest BCUT2D eigenvalue weighted by atomic mass is 10.0. The molecule has 1 atom stereocenters. The van der Waals surface area contributed by atoms with Crippen LogP contribution in [0.15, 0.2) is 12.1 Å². The third-order valence-corrected chi connectivity index (χ3v) is 3.28. The Kier molecular flexibility index (Phi) is 5.11. The summed E-state index contributed by atoms with van der Waals surface area (Å²) < 4.78 is 42.6. The van der Waals surface area contributed by atoms with E-state index >= 15 is 0 Å². The van der Waals surface area contributed by atoms with E-state index in [0.717, 1.165) is 0 Å². The number of benzene rings is 1. The van der Waals surface area contributed by atoms with Crippen molar-refractivity contribution in [1.29, 1.82) is 0 Å². The summed E-state index contributed by atoms with van der Waals surface area (Å²) in [6, 6.07) is 2.91. The SMILES string of the molecule is COc1cc(Cl)c(C)cc1NC(=O)C[C@@](C)(O)C(F)(F)F. The van der Waals surface area contributed by atoms with Crippen molar-refractivity contribution in [1.82, 2.24) is 0 Å². The van der Waals surface area contributed by atoms with Gasteiger partial charge in [0.15, 0.2) is 5.60 Å². The zero-order valence-electron chi connectivity index (χ0n) is 11.6. The van der Waals surface area contributed by atoms with Crippen LogP contribution in [0.2, 0.25) is 5.02 Å². The third-order valence-electron chi connectivity index (χ3n) is 2.87. The number of hydrogen-bond acceptors (Lipinski definition) is 3. The quantitative estimate of drug-likeness (QED) is 0.893. The van der Waals surface area contributed by atoms with Crippen molar-refractivity contribution >= 4 is 23.2 Å². The fraction of sp³-hybridized carbons (Fsp3) is 0.462. The molecule has 0 aliphatic rings. The van der Waals surface area contributed by atoms with Crippen LogP contribution < -0.4 is 10.1 Å². The first-order valence-electron chi connectivity index (χ1n) is 5.91. The monoisotopic (exact) mass is 325 g/mol. The molecule has 0 unspecified atom stereocenters. The van der Waals surface area contributed by atoms with Crippen molar-refractivity contribution < 1.29 is 27.8 Å². The smallest absolute Gasteiger partial charge is 0.417 e. The molecule has 0 bridgehead atoms. The van der Waals surface area contributed by atoms with Gasteiger partial charge in [0, 0.05) is 11.1 Å². The molecule has 8 heteroatoms. The minimum Gasteiger partial charge on any atom is -0.495 e. The van der Waals surface area contributed by atoms with Crippen molar-refractivity contribution in [2.45, 2.75) is 32.0 Å². The average molecular weight is 326 g/mol. The third kappa shape index (κ3) is 4.25. The zero-order chi connectivity index (χ0) is 16.4. The number of ether oxygens (including phenoxy) is 1. The van der Waals surface area contributed by atoms with Gasteiger partial charge in [0.25, 0.3) is 0 Å². The number of methoxy groups -OCH3 is 1. The predicted molar refractivity (Wildman–Crippen MR) is 72.7 cm³/mol. The maximum atomic E-state index is 12.5. The molecular formula is C13H15ClF3NO3. The Bertz CT molecular complexity index is 544. The second-order valence-corrected chi connectivity index (χ2v) is 5.21. The summed E-state index contributed by atoms with van der Waals surface area (Å²) in [5.41, 5.74) is -2.30. The van der Waals surface area contributed by atoms with Crippen LogP contribution in [0.3, 0.4) is 0 Å². The average Bonchev–Trinajstić information content (AvgIpc) is 2.31. The number of carbonyl (C=O) groups is 1. The maximum Gasteiger partial charge on any atom is 0.417 e. The van der Waals surface area contributed by atoms with Crippen LogP contribution in [0.1, 0.15) is 18.9 Å². The van der Waals surface area contributed by atoms with Crippen LogP contribution in [0.25, 0.3) is 0 Å². The van der Waals surface area contributed by atoms with Gasteiger partial charge in [-0.2, -0.15) is 13.2 Å². The summed E-state index contributed by atoms with van der Waals surface area (Å²) in [5.74, 6) is -0.775. The lowest BCUT2D eigenvalue weighted by molar-refractivity contribution is -0.252. The lowest BCUT2D eigenvalue weighted by Crippen LogP contribution is -2.44. The molecule has 118 valence electrons. The maximum absolute atomic E-state index is 12.5. The molecule has 4 nitrogen and oxygen atoms in total. The van der Waals surface area contributed by atoms with Gasteiger partial charge in [-0.3, -0.25) is 4.79 Å². The minimum atomic E-state index is -4.90. The highest BCUT2D eigenvalue weighted by molar-refractivity contribution is 6.31. The Labute approximate surface area is 124 Å². The summed E-state index contributed by atoms with van der Waals surface area (Å²) in [5, 5.41) is 12.0. The molecule has 0 radical (unpaired) electrons. The highest BCUT2D eigenvalue weighted by Gasteiger charge is 2.51. The number of alkyl halides is 3. The first kappa shape index (κ1) is 17.6. The van der Waals surface area contributed by atoms with Crippen LogP contribution in [0.5, 0.6) is 5.75 Å². The highest BCUT2D eigenvalue weighted by atomic mass is 35.5. The topological polar surface area (TPSA) is 58.6 Å². The molecule has 0 aliphatic heterocycles. The van der Waals surface area contributed by atoms with E-state index < -0.39 is 24.1 Å². The second-order valence-electron chi connectivity index (χ2n) is 4.80. The molecule has 2 N–H and O–H groups in total. The van der Waals surface area contributed by atoms with E-state index in [-0.39, 0.29) is 11.4 Å². The number of amides is 1.